The van der Waals surface area contributed by atoms with Crippen molar-refractivity contribution in [2.24, 2.45) is 11.7 Å². The van der Waals surface area contributed by atoms with Crippen LogP contribution in [0.3, 0.4) is 0 Å². The van der Waals surface area contributed by atoms with Gasteiger partial charge in [-0.2, -0.15) is 0 Å². The highest BCUT2D eigenvalue weighted by atomic mass is 16.2. The van der Waals surface area contributed by atoms with Crippen LogP contribution in [0.5, 0.6) is 0 Å². The van der Waals surface area contributed by atoms with Crippen molar-refractivity contribution in [1.29, 1.82) is 0 Å². The molecule has 3 amide bonds. The third kappa shape index (κ3) is 2.93. The Morgan fingerprint density at radius 1 is 1.32 bits per heavy atom. The lowest BCUT2D eigenvalue weighted by atomic mass is 10.0. The van der Waals surface area contributed by atoms with E-state index in [1.165, 1.54) is 24.0 Å². The van der Waals surface area contributed by atoms with Gasteiger partial charge in [-0.15, -0.1) is 0 Å². The number of fused-ring (bicyclic) bond motifs is 1. The molecule has 0 aromatic heterocycles. The molecule has 5 heteroatoms. The second kappa shape index (κ2) is 5.99. The summed E-state index contributed by atoms with van der Waals surface area (Å²) >= 11 is 0. The Bertz CT molecular complexity index is 600. The SMILES string of the molecule is C[C@H](NC(=O)N1CC[C@@H](C(N)=O)C1)c1ccc2c(c1)CCC2. The molecule has 1 aliphatic heterocycles. The fourth-order valence-corrected chi connectivity index (χ4v) is 3.40. The number of rotatable bonds is 3. The number of nitrogens with zero attached hydrogens (tertiary/aromatic N) is 1. The molecular weight excluding hydrogens is 278 g/mol. The van der Waals surface area contributed by atoms with Crippen LogP contribution in [0.2, 0.25) is 0 Å². The van der Waals surface area contributed by atoms with Gasteiger partial charge in [-0.05, 0) is 49.3 Å². The number of hydrogen-bond acceptors (Lipinski definition) is 2. The highest BCUT2D eigenvalue weighted by molar-refractivity contribution is 5.80. The van der Waals surface area contributed by atoms with Crippen molar-refractivity contribution in [3.05, 3.63) is 34.9 Å². The number of primary amides is 1. The van der Waals surface area contributed by atoms with Gasteiger partial charge in [-0.25, -0.2) is 4.79 Å². The fraction of sp³-hybridized carbons (Fsp3) is 0.529. The van der Waals surface area contributed by atoms with Crippen molar-refractivity contribution in [3.63, 3.8) is 0 Å². The molecule has 22 heavy (non-hydrogen) atoms. The van der Waals surface area contributed by atoms with E-state index in [-0.39, 0.29) is 23.9 Å². The van der Waals surface area contributed by atoms with Crippen LogP contribution < -0.4 is 11.1 Å². The molecule has 3 N–H and O–H groups in total. The Labute approximate surface area is 130 Å². The summed E-state index contributed by atoms with van der Waals surface area (Å²) in [5, 5.41) is 3.02. The quantitative estimate of drug-likeness (QED) is 0.892. The molecule has 0 unspecified atom stereocenters. The molecule has 0 bridgehead atoms. The Kier molecular flexibility index (Phi) is 4.05. The van der Waals surface area contributed by atoms with E-state index in [9.17, 15) is 9.59 Å². The maximum atomic E-state index is 12.3. The van der Waals surface area contributed by atoms with E-state index in [1.807, 2.05) is 6.92 Å². The van der Waals surface area contributed by atoms with E-state index in [1.54, 1.807) is 4.90 Å². The van der Waals surface area contributed by atoms with Crippen LogP contribution in [0.15, 0.2) is 18.2 Å². The minimum absolute atomic E-state index is 0.0361. The summed E-state index contributed by atoms with van der Waals surface area (Å²) in [6.07, 6.45) is 4.19. The largest absolute Gasteiger partial charge is 0.369 e. The first-order valence-electron chi connectivity index (χ1n) is 8.01. The predicted molar refractivity (Wildman–Crippen MR) is 84.3 cm³/mol. The standard InChI is InChI=1S/C17H23N3O2/c1-11(13-6-5-12-3-2-4-14(12)9-13)19-17(22)20-8-7-15(10-20)16(18)21/h5-6,9,11,15H,2-4,7-8,10H2,1H3,(H2,18,21)(H,19,22)/t11-,15+/m0/s1. The van der Waals surface area contributed by atoms with E-state index in [0.717, 1.165) is 12.0 Å². The van der Waals surface area contributed by atoms with Crippen LogP contribution in [-0.4, -0.2) is 29.9 Å². The summed E-state index contributed by atoms with van der Waals surface area (Å²) < 4.78 is 0. The fourth-order valence-electron chi connectivity index (χ4n) is 3.40. The molecule has 1 heterocycles. The highest BCUT2D eigenvalue weighted by Crippen LogP contribution is 2.25. The van der Waals surface area contributed by atoms with Gasteiger partial charge < -0.3 is 16.0 Å². The maximum Gasteiger partial charge on any atom is 0.317 e. The number of hydrogen-bond donors (Lipinski definition) is 2. The zero-order valence-corrected chi connectivity index (χ0v) is 13.0. The molecule has 1 saturated heterocycles. The molecule has 1 aromatic carbocycles. The monoisotopic (exact) mass is 301 g/mol. The first-order chi connectivity index (χ1) is 10.5. The number of amides is 3. The van der Waals surface area contributed by atoms with Gasteiger partial charge in [0.15, 0.2) is 0 Å². The number of aryl methyl sites for hydroxylation is 2. The predicted octanol–water partition coefficient (Wildman–Crippen LogP) is 1.75. The van der Waals surface area contributed by atoms with Crippen LogP contribution >= 0.6 is 0 Å². The van der Waals surface area contributed by atoms with Crippen LogP contribution in [0, 0.1) is 5.92 Å². The van der Waals surface area contributed by atoms with Gasteiger partial charge in [0.05, 0.1) is 12.0 Å². The van der Waals surface area contributed by atoms with Gasteiger partial charge in [0.1, 0.15) is 0 Å². The lowest BCUT2D eigenvalue weighted by Gasteiger charge is -2.21. The number of urea groups is 1. The molecule has 1 fully saturated rings. The molecule has 0 spiro atoms. The topological polar surface area (TPSA) is 75.4 Å². The first kappa shape index (κ1) is 14.9. The van der Waals surface area contributed by atoms with E-state index in [0.29, 0.717) is 19.5 Å². The van der Waals surface area contributed by atoms with Crippen molar-refractivity contribution >= 4 is 11.9 Å². The molecule has 0 radical (unpaired) electrons. The lowest BCUT2D eigenvalue weighted by molar-refractivity contribution is -0.121. The molecule has 5 nitrogen and oxygen atoms in total. The van der Waals surface area contributed by atoms with E-state index >= 15 is 0 Å². The molecule has 2 atom stereocenters. The zero-order chi connectivity index (χ0) is 15.7. The molecule has 3 rings (SSSR count). The number of nitrogens with two attached hydrogens (primary N) is 1. The van der Waals surface area contributed by atoms with Gasteiger partial charge in [-0.1, -0.05) is 18.2 Å². The zero-order valence-electron chi connectivity index (χ0n) is 13.0. The van der Waals surface area contributed by atoms with Gasteiger partial charge in [-0.3, -0.25) is 4.79 Å². The number of carbonyl (C=O) groups excluding carboxylic acids is 2. The Morgan fingerprint density at radius 3 is 2.82 bits per heavy atom. The summed E-state index contributed by atoms with van der Waals surface area (Å²) in [5.74, 6) is -0.525. The number of nitrogens with one attached hydrogen (secondary N) is 1. The molecule has 1 aromatic rings. The number of benzene rings is 1. The maximum absolute atomic E-state index is 12.3. The van der Waals surface area contributed by atoms with E-state index in [4.69, 9.17) is 5.73 Å². The van der Waals surface area contributed by atoms with Crippen LogP contribution in [0.1, 0.15) is 42.5 Å². The van der Waals surface area contributed by atoms with Crippen molar-refractivity contribution < 1.29 is 9.59 Å². The van der Waals surface area contributed by atoms with Gasteiger partial charge in [0.2, 0.25) is 5.91 Å². The average molecular weight is 301 g/mol. The second-order valence-corrected chi connectivity index (χ2v) is 6.39. The summed E-state index contributed by atoms with van der Waals surface area (Å²) in [6.45, 7) is 3.02. The molecule has 118 valence electrons. The average Bonchev–Trinajstić information content (AvgIpc) is 3.15. The van der Waals surface area contributed by atoms with Gasteiger partial charge >= 0.3 is 6.03 Å². The van der Waals surface area contributed by atoms with Crippen molar-refractivity contribution in [1.82, 2.24) is 10.2 Å². The number of carbonyl (C=O) groups is 2. The Hall–Kier alpha value is -2.04. The molecule has 1 aliphatic carbocycles. The molecular formula is C17H23N3O2. The summed E-state index contributed by atoms with van der Waals surface area (Å²) in [5.41, 5.74) is 9.29. The Morgan fingerprint density at radius 2 is 2.09 bits per heavy atom. The van der Waals surface area contributed by atoms with Crippen LogP contribution in [-0.2, 0) is 17.6 Å². The number of likely N-dealkylation sites (tertiary alicyclic amines) is 1. The van der Waals surface area contributed by atoms with Crippen LogP contribution in [0.25, 0.3) is 0 Å². The third-order valence-electron chi connectivity index (χ3n) is 4.84. The van der Waals surface area contributed by atoms with Crippen molar-refractivity contribution in [2.45, 2.75) is 38.6 Å². The normalized spacial score (nSPS) is 21.5. The van der Waals surface area contributed by atoms with Crippen molar-refractivity contribution in [3.8, 4) is 0 Å². The molecule has 0 saturated carbocycles. The summed E-state index contributed by atoms with van der Waals surface area (Å²) in [7, 11) is 0. The highest BCUT2D eigenvalue weighted by Gasteiger charge is 2.30. The van der Waals surface area contributed by atoms with Gasteiger partial charge in [0, 0.05) is 13.1 Å². The first-order valence-corrected chi connectivity index (χ1v) is 8.01. The Balaban J connectivity index is 1.61. The smallest absolute Gasteiger partial charge is 0.317 e. The lowest BCUT2D eigenvalue weighted by Crippen LogP contribution is -2.40. The minimum atomic E-state index is -0.318. The second-order valence-electron chi connectivity index (χ2n) is 6.39. The van der Waals surface area contributed by atoms with E-state index in [2.05, 4.69) is 23.5 Å². The third-order valence-corrected chi connectivity index (χ3v) is 4.84. The summed E-state index contributed by atoms with van der Waals surface area (Å²) in [6, 6.07) is 6.34. The van der Waals surface area contributed by atoms with Crippen molar-refractivity contribution in [2.75, 3.05) is 13.1 Å². The minimum Gasteiger partial charge on any atom is -0.369 e. The van der Waals surface area contributed by atoms with E-state index < -0.39 is 0 Å². The van der Waals surface area contributed by atoms with Gasteiger partial charge in [0.25, 0.3) is 0 Å². The molecule has 2 aliphatic rings. The van der Waals surface area contributed by atoms with Crippen LogP contribution in [0.4, 0.5) is 4.79 Å². The summed E-state index contributed by atoms with van der Waals surface area (Å²) in [4.78, 5) is 25.2.